The van der Waals surface area contributed by atoms with Crippen LogP contribution in [0.2, 0.25) is 0 Å². The molecule has 0 saturated heterocycles. The number of unbranched alkanes of at least 4 members (excludes halogenated alkanes) is 12. The fraction of sp³-hybridized carbons (Fsp3) is 0.762. The Bertz CT molecular complexity index is 329. The predicted molar refractivity (Wildman–Crippen MR) is 101 cm³/mol. The molecule has 23 heavy (non-hydrogen) atoms. The largest absolute Gasteiger partial charge is 0.478 e. The molecule has 0 rings (SSSR count). The zero-order chi connectivity index (χ0) is 17.2. The Balaban J connectivity index is 3.23. The fourth-order valence-electron chi connectivity index (χ4n) is 2.62. The van der Waals surface area contributed by atoms with Gasteiger partial charge in [-0.25, -0.2) is 4.79 Å². The molecule has 0 bridgehead atoms. The van der Waals surface area contributed by atoms with E-state index in [0.717, 1.165) is 25.7 Å². The van der Waals surface area contributed by atoms with Gasteiger partial charge in [0.05, 0.1) is 0 Å². The molecular weight excluding hydrogens is 284 g/mol. The van der Waals surface area contributed by atoms with E-state index in [4.69, 9.17) is 5.11 Å². The summed E-state index contributed by atoms with van der Waals surface area (Å²) in [7, 11) is 0. The Morgan fingerprint density at radius 2 is 1.17 bits per heavy atom. The van der Waals surface area contributed by atoms with E-state index in [9.17, 15) is 4.79 Å². The van der Waals surface area contributed by atoms with Crippen molar-refractivity contribution < 1.29 is 9.90 Å². The Morgan fingerprint density at radius 3 is 1.70 bits per heavy atom. The van der Waals surface area contributed by atoms with Crippen LogP contribution in [0.4, 0.5) is 0 Å². The second-order valence-corrected chi connectivity index (χ2v) is 6.57. The van der Waals surface area contributed by atoms with Crippen LogP contribution in [0.5, 0.6) is 0 Å². The average Bonchev–Trinajstić information content (AvgIpc) is 2.54. The Labute approximate surface area is 144 Å². The summed E-state index contributed by atoms with van der Waals surface area (Å²) in [6.07, 6.45) is 24.4. The summed E-state index contributed by atoms with van der Waals surface area (Å²) < 4.78 is 0. The number of hydrogen-bond acceptors (Lipinski definition) is 1. The maximum atomic E-state index is 10.6. The van der Waals surface area contributed by atoms with E-state index in [1.165, 1.54) is 64.2 Å². The zero-order valence-corrected chi connectivity index (χ0v) is 15.5. The second kappa shape index (κ2) is 17.3. The summed E-state index contributed by atoms with van der Waals surface area (Å²) in [5, 5.41) is 8.73. The van der Waals surface area contributed by atoms with Gasteiger partial charge in [0.15, 0.2) is 0 Å². The topological polar surface area (TPSA) is 37.3 Å². The molecule has 0 radical (unpaired) electrons. The summed E-state index contributed by atoms with van der Waals surface area (Å²) >= 11 is 0. The van der Waals surface area contributed by atoms with E-state index in [2.05, 4.69) is 19.1 Å². The molecule has 0 aromatic carbocycles. The molecule has 0 aromatic rings. The molecule has 0 aliphatic carbocycles. The summed E-state index contributed by atoms with van der Waals surface area (Å²) in [5.74, 6) is -0.800. The SMILES string of the molecule is CCCCCCCCCCCC=CCCCCC=C(C)C(=O)O. The number of allylic oxidation sites excluding steroid dienone is 3. The maximum absolute atomic E-state index is 10.6. The number of carboxylic acids is 1. The van der Waals surface area contributed by atoms with Crippen LogP contribution in [0.3, 0.4) is 0 Å². The molecule has 0 unspecified atom stereocenters. The van der Waals surface area contributed by atoms with Crippen LogP contribution < -0.4 is 0 Å². The first-order valence-electron chi connectivity index (χ1n) is 9.73. The number of carbonyl (C=O) groups is 1. The lowest BCUT2D eigenvalue weighted by Crippen LogP contribution is -1.95. The standard InChI is InChI=1S/C21H38O2/c1-3-4-5-6-7-8-9-10-11-12-13-14-15-16-17-18-19-20(2)21(22)23/h13-14,19H,3-12,15-18H2,1-2H3,(H,22,23). The Morgan fingerprint density at radius 1 is 0.739 bits per heavy atom. The molecule has 0 atom stereocenters. The van der Waals surface area contributed by atoms with Crippen LogP contribution in [-0.4, -0.2) is 11.1 Å². The van der Waals surface area contributed by atoms with Crippen molar-refractivity contribution in [2.45, 2.75) is 104 Å². The molecule has 0 aromatic heterocycles. The molecule has 2 nitrogen and oxygen atoms in total. The zero-order valence-electron chi connectivity index (χ0n) is 15.5. The first-order valence-corrected chi connectivity index (χ1v) is 9.73. The minimum absolute atomic E-state index is 0.464. The second-order valence-electron chi connectivity index (χ2n) is 6.57. The minimum Gasteiger partial charge on any atom is -0.478 e. The van der Waals surface area contributed by atoms with Gasteiger partial charge >= 0.3 is 5.97 Å². The lowest BCUT2D eigenvalue weighted by atomic mass is 10.1. The lowest BCUT2D eigenvalue weighted by Gasteiger charge is -2.00. The van der Waals surface area contributed by atoms with Crippen molar-refractivity contribution in [3.63, 3.8) is 0 Å². The van der Waals surface area contributed by atoms with E-state index in [1.54, 1.807) is 6.92 Å². The molecule has 0 aliphatic rings. The highest BCUT2D eigenvalue weighted by molar-refractivity contribution is 5.85. The normalized spacial score (nSPS) is 12.2. The lowest BCUT2D eigenvalue weighted by molar-refractivity contribution is -0.132. The van der Waals surface area contributed by atoms with Gasteiger partial charge < -0.3 is 5.11 Å². The van der Waals surface area contributed by atoms with Crippen molar-refractivity contribution in [2.24, 2.45) is 0 Å². The van der Waals surface area contributed by atoms with Crippen molar-refractivity contribution in [3.8, 4) is 0 Å². The molecular formula is C21H38O2. The summed E-state index contributed by atoms with van der Waals surface area (Å²) in [6, 6.07) is 0. The number of rotatable bonds is 16. The summed E-state index contributed by atoms with van der Waals surface area (Å²) in [4.78, 5) is 10.6. The molecule has 134 valence electrons. The Hall–Kier alpha value is -1.05. The van der Waals surface area contributed by atoms with Gasteiger partial charge in [0.25, 0.3) is 0 Å². The van der Waals surface area contributed by atoms with Crippen LogP contribution in [0.15, 0.2) is 23.8 Å². The van der Waals surface area contributed by atoms with E-state index < -0.39 is 5.97 Å². The van der Waals surface area contributed by atoms with Crippen molar-refractivity contribution in [1.29, 1.82) is 0 Å². The first-order chi connectivity index (χ1) is 11.2. The van der Waals surface area contributed by atoms with Crippen LogP contribution in [0.25, 0.3) is 0 Å². The quantitative estimate of drug-likeness (QED) is 0.188. The van der Waals surface area contributed by atoms with Gasteiger partial charge in [0.1, 0.15) is 0 Å². The van der Waals surface area contributed by atoms with Crippen LogP contribution in [-0.2, 0) is 4.79 Å². The highest BCUT2D eigenvalue weighted by Crippen LogP contribution is 2.11. The van der Waals surface area contributed by atoms with Crippen LogP contribution in [0.1, 0.15) is 104 Å². The van der Waals surface area contributed by atoms with E-state index in [1.807, 2.05) is 6.08 Å². The average molecular weight is 323 g/mol. The smallest absolute Gasteiger partial charge is 0.330 e. The van der Waals surface area contributed by atoms with Gasteiger partial charge in [-0.2, -0.15) is 0 Å². The van der Waals surface area contributed by atoms with Crippen LogP contribution in [0, 0.1) is 0 Å². The van der Waals surface area contributed by atoms with Gasteiger partial charge in [0, 0.05) is 5.57 Å². The molecule has 0 amide bonds. The van der Waals surface area contributed by atoms with Gasteiger partial charge in [-0.3, -0.25) is 0 Å². The summed E-state index contributed by atoms with van der Waals surface area (Å²) in [6.45, 7) is 3.93. The monoisotopic (exact) mass is 322 g/mol. The molecule has 0 saturated carbocycles. The summed E-state index contributed by atoms with van der Waals surface area (Å²) in [5.41, 5.74) is 0.464. The van der Waals surface area contributed by atoms with Gasteiger partial charge in [-0.15, -0.1) is 0 Å². The molecule has 0 heterocycles. The van der Waals surface area contributed by atoms with Crippen molar-refractivity contribution in [1.82, 2.24) is 0 Å². The van der Waals surface area contributed by atoms with E-state index >= 15 is 0 Å². The maximum Gasteiger partial charge on any atom is 0.330 e. The highest BCUT2D eigenvalue weighted by atomic mass is 16.4. The molecule has 0 fully saturated rings. The van der Waals surface area contributed by atoms with Gasteiger partial charge in [-0.1, -0.05) is 76.5 Å². The molecule has 0 spiro atoms. The fourth-order valence-corrected chi connectivity index (χ4v) is 2.62. The van der Waals surface area contributed by atoms with E-state index in [0.29, 0.717) is 5.57 Å². The molecule has 2 heteroatoms. The van der Waals surface area contributed by atoms with Crippen molar-refractivity contribution >= 4 is 5.97 Å². The molecule has 0 aliphatic heterocycles. The van der Waals surface area contributed by atoms with Crippen LogP contribution >= 0.6 is 0 Å². The third-order valence-corrected chi connectivity index (χ3v) is 4.25. The minimum atomic E-state index is -0.800. The number of hydrogen-bond donors (Lipinski definition) is 1. The molecule has 1 N–H and O–H groups in total. The van der Waals surface area contributed by atoms with Crippen molar-refractivity contribution in [2.75, 3.05) is 0 Å². The van der Waals surface area contributed by atoms with Gasteiger partial charge in [-0.05, 0) is 45.4 Å². The predicted octanol–water partition coefficient (Wildman–Crippen LogP) is 7.05. The Kier molecular flexibility index (Phi) is 16.5. The van der Waals surface area contributed by atoms with Gasteiger partial charge in [0.2, 0.25) is 0 Å². The van der Waals surface area contributed by atoms with E-state index in [-0.39, 0.29) is 0 Å². The number of aliphatic carboxylic acids is 1. The highest BCUT2D eigenvalue weighted by Gasteiger charge is 1.97. The third kappa shape index (κ3) is 17.1. The number of carboxylic acid groups (broad SMARTS) is 1. The van der Waals surface area contributed by atoms with Crippen molar-refractivity contribution in [3.05, 3.63) is 23.8 Å². The third-order valence-electron chi connectivity index (χ3n) is 4.25. The first kappa shape index (κ1) is 21.9.